The molecule has 0 unspecified atom stereocenters. The molecular formula is C26H24N6O6. The lowest BCUT2D eigenvalue weighted by molar-refractivity contribution is -0.394. The predicted molar refractivity (Wildman–Crippen MR) is 138 cm³/mol. The molecule has 0 aliphatic rings. The van der Waals surface area contributed by atoms with Gasteiger partial charge in [0.05, 0.1) is 27.0 Å². The zero-order valence-electron chi connectivity index (χ0n) is 20.6. The van der Waals surface area contributed by atoms with Crippen LogP contribution in [-0.4, -0.2) is 46.0 Å². The van der Waals surface area contributed by atoms with Crippen molar-refractivity contribution in [1.29, 1.82) is 0 Å². The molecule has 0 aliphatic carbocycles. The largest absolute Gasteiger partial charge is 0.496 e. The fourth-order valence-corrected chi connectivity index (χ4v) is 3.50. The van der Waals surface area contributed by atoms with Crippen molar-refractivity contribution in [3.63, 3.8) is 0 Å². The average Bonchev–Trinajstić information content (AvgIpc) is 3.41. The molecule has 0 saturated carbocycles. The van der Waals surface area contributed by atoms with E-state index in [0.717, 1.165) is 5.56 Å². The Morgan fingerprint density at radius 1 is 1.05 bits per heavy atom. The summed E-state index contributed by atoms with van der Waals surface area (Å²) in [5, 5.41) is 18.7. The Morgan fingerprint density at radius 3 is 2.47 bits per heavy atom. The summed E-state index contributed by atoms with van der Waals surface area (Å²) < 4.78 is 17.8. The number of benzene rings is 3. The Hall–Kier alpha value is -5.26. The van der Waals surface area contributed by atoms with Gasteiger partial charge >= 0.3 is 5.95 Å². The number of para-hydroxylation sites is 2. The van der Waals surface area contributed by atoms with Crippen LogP contribution < -0.4 is 19.6 Å². The Bertz CT molecular complexity index is 1450. The quantitative estimate of drug-likeness (QED) is 0.181. The zero-order chi connectivity index (χ0) is 26.9. The minimum atomic E-state index is -0.664. The molecule has 12 heteroatoms. The third-order valence-corrected chi connectivity index (χ3v) is 5.38. The molecule has 0 spiro atoms. The van der Waals surface area contributed by atoms with Gasteiger partial charge in [0, 0.05) is 16.2 Å². The van der Waals surface area contributed by atoms with Gasteiger partial charge in [-0.1, -0.05) is 29.2 Å². The zero-order valence-corrected chi connectivity index (χ0v) is 20.6. The summed E-state index contributed by atoms with van der Waals surface area (Å²) in [6, 6.07) is 19.6. The van der Waals surface area contributed by atoms with Crippen molar-refractivity contribution in [2.45, 2.75) is 13.2 Å². The molecule has 0 fully saturated rings. The number of nitrogens with one attached hydrogen (secondary N) is 1. The number of ether oxygens (including phenoxy) is 3. The van der Waals surface area contributed by atoms with Gasteiger partial charge in [-0.2, -0.15) is 9.78 Å². The second kappa shape index (κ2) is 12.1. The van der Waals surface area contributed by atoms with Crippen LogP contribution in [0.25, 0.3) is 0 Å². The van der Waals surface area contributed by atoms with E-state index < -0.39 is 10.9 Å². The van der Waals surface area contributed by atoms with Gasteiger partial charge in [-0.15, -0.1) is 0 Å². The maximum Gasteiger partial charge on any atom is 0.490 e. The molecule has 0 saturated heterocycles. The minimum Gasteiger partial charge on any atom is -0.496 e. The van der Waals surface area contributed by atoms with Gasteiger partial charge in [-0.3, -0.25) is 4.79 Å². The van der Waals surface area contributed by atoms with Crippen molar-refractivity contribution >= 4 is 18.1 Å². The average molecular weight is 517 g/mol. The number of nitro groups is 1. The van der Waals surface area contributed by atoms with Gasteiger partial charge in [-0.25, -0.2) is 5.43 Å². The second-order valence-electron chi connectivity index (χ2n) is 7.91. The molecule has 0 aliphatic heterocycles. The first-order valence-corrected chi connectivity index (χ1v) is 11.4. The molecule has 0 atom stereocenters. The summed E-state index contributed by atoms with van der Waals surface area (Å²) in [7, 11) is 3.10. The monoisotopic (exact) mass is 516 g/mol. The van der Waals surface area contributed by atoms with Crippen LogP contribution in [0.3, 0.4) is 0 Å². The Balaban J connectivity index is 1.35. The molecule has 12 nitrogen and oxygen atoms in total. The number of rotatable bonds is 11. The second-order valence-corrected chi connectivity index (χ2v) is 7.91. The van der Waals surface area contributed by atoms with E-state index in [2.05, 4.69) is 20.6 Å². The summed E-state index contributed by atoms with van der Waals surface area (Å²) in [6.07, 6.45) is 2.76. The normalized spacial score (nSPS) is 10.8. The van der Waals surface area contributed by atoms with E-state index in [1.54, 1.807) is 49.6 Å². The van der Waals surface area contributed by atoms with Crippen molar-refractivity contribution in [3.8, 4) is 17.2 Å². The fourth-order valence-electron chi connectivity index (χ4n) is 3.50. The number of aromatic nitrogens is 3. The molecule has 0 bridgehead atoms. The number of carbonyl (C=O) groups is 1. The van der Waals surface area contributed by atoms with E-state index in [4.69, 9.17) is 14.2 Å². The van der Waals surface area contributed by atoms with Gasteiger partial charge in [0.1, 0.15) is 12.4 Å². The first-order valence-electron chi connectivity index (χ1n) is 11.4. The molecule has 1 amide bonds. The molecule has 4 aromatic rings. The number of hydrogen-bond donors (Lipinski definition) is 1. The maximum atomic E-state index is 12.5. The van der Waals surface area contributed by atoms with Crippen LogP contribution in [0.15, 0.2) is 78.2 Å². The topological polar surface area (TPSA) is 143 Å². The van der Waals surface area contributed by atoms with Crippen LogP contribution >= 0.6 is 0 Å². The van der Waals surface area contributed by atoms with Crippen LogP contribution in [0.4, 0.5) is 5.95 Å². The molecule has 1 N–H and O–H groups in total. The van der Waals surface area contributed by atoms with Gasteiger partial charge in [0.15, 0.2) is 11.5 Å². The summed E-state index contributed by atoms with van der Waals surface area (Å²) in [6.45, 7) is 0.521. The van der Waals surface area contributed by atoms with Crippen LogP contribution in [-0.2, 0) is 13.2 Å². The number of amides is 1. The first-order chi connectivity index (χ1) is 18.5. The third kappa shape index (κ3) is 6.49. The lowest BCUT2D eigenvalue weighted by Gasteiger charge is -2.10. The smallest absolute Gasteiger partial charge is 0.490 e. The Kier molecular flexibility index (Phi) is 8.24. The van der Waals surface area contributed by atoms with E-state index in [0.29, 0.717) is 40.5 Å². The van der Waals surface area contributed by atoms with Crippen LogP contribution in [0.5, 0.6) is 17.2 Å². The SMILES string of the molecule is COc1ccc(/C=N/NC(=O)c2ccc(COc3ccccc3OC)cc2)cc1Cn1cnc([N+](=O)[O-])n1. The van der Waals surface area contributed by atoms with Crippen molar-refractivity contribution < 1.29 is 23.9 Å². The minimum absolute atomic E-state index is 0.200. The number of hydrazone groups is 1. The van der Waals surface area contributed by atoms with Crippen molar-refractivity contribution in [3.05, 3.63) is 105 Å². The highest BCUT2D eigenvalue weighted by molar-refractivity contribution is 5.94. The summed E-state index contributed by atoms with van der Waals surface area (Å²) >= 11 is 0. The Morgan fingerprint density at radius 2 is 1.79 bits per heavy atom. The molecule has 1 heterocycles. The van der Waals surface area contributed by atoms with Crippen LogP contribution in [0, 0.1) is 10.1 Å². The molecule has 194 valence electrons. The van der Waals surface area contributed by atoms with E-state index in [-0.39, 0.29) is 12.5 Å². The lowest BCUT2D eigenvalue weighted by atomic mass is 10.1. The van der Waals surface area contributed by atoms with E-state index in [1.807, 2.05) is 24.3 Å². The summed E-state index contributed by atoms with van der Waals surface area (Å²) in [5.41, 5.74) is 5.21. The predicted octanol–water partition coefficient (Wildman–Crippen LogP) is 3.59. The van der Waals surface area contributed by atoms with Crippen molar-refractivity contribution in [1.82, 2.24) is 20.2 Å². The molecule has 1 aromatic heterocycles. The highest BCUT2D eigenvalue weighted by Gasteiger charge is 2.15. The molecule has 3 aromatic carbocycles. The molecule has 4 rings (SSSR count). The molecule has 0 radical (unpaired) electrons. The molecular weight excluding hydrogens is 492 g/mol. The maximum absolute atomic E-state index is 12.5. The number of carbonyl (C=O) groups excluding carboxylic acids is 1. The number of hydrogen-bond acceptors (Lipinski definition) is 9. The van der Waals surface area contributed by atoms with Crippen molar-refractivity contribution in [2.75, 3.05) is 14.2 Å². The lowest BCUT2D eigenvalue weighted by Crippen LogP contribution is -2.17. The number of methoxy groups -OCH3 is 2. The van der Waals surface area contributed by atoms with E-state index >= 15 is 0 Å². The van der Waals surface area contributed by atoms with Crippen molar-refractivity contribution in [2.24, 2.45) is 5.10 Å². The highest BCUT2D eigenvalue weighted by atomic mass is 16.6. The first kappa shape index (κ1) is 25.8. The van der Waals surface area contributed by atoms with Gasteiger partial charge in [-0.05, 0) is 58.5 Å². The fraction of sp³-hybridized carbons (Fsp3) is 0.154. The van der Waals surface area contributed by atoms with E-state index in [9.17, 15) is 14.9 Å². The third-order valence-electron chi connectivity index (χ3n) is 5.38. The van der Waals surface area contributed by atoms with E-state index in [1.165, 1.54) is 24.3 Å². The van der Waals surface area contributed by atoms with Gasteiger partial charge in [0.25, 0.3) is 5.91 Å². The van der Waals surface area contributed by atoms with Gasteiger partial charge in [0.2, 0.25) is 6.33 Å². The van der Waals surface area contributed by atoms with Gasteiger partial charge < -0.3 is 24.3 Å². The standard InChI is InChI=1S/C26H24N6O6/c1-36-22-12-9-19(13-21(22)15-31-17-27-26(30-31)32(34)35)14-28-29-25(33)20-10-7-18(8-11-20)16-38-24-6-4-3-5-23(24)37-2/h3-14,17H,15-16H2,1-2H3,(H,29,33)/b28-14+. The molecule has 38 heavy (non-hydrogen) atoms. The number of nitrogens with zero attached hydrogens (tertiary/aromatic N) is 5. The van der Waals surface area contributed by atoms with Crippen LogP contribution in [0.2, 0.25) is 0 Å². The summed E-state index contributed by atoms with van der Waals surface area (Å²) in [4.78, 5) is 26.3. The Labute approximate surface area is 217 Å². The van der Waals surface area contributed by atoms with Crippen LogP contribution in [0.1, 0.15) is 27.0 Å². The highest BCUT2D eigenvalue weighted by Crippen LogP contribution is 2.26. The summed E-state index contributed by atoms with van der Waals surface area (Å²) in [5.74, 6) is 0.991.